The molecule has 18 heavy (non-hydrogen) atoms. The smallest absolute Gasteiger partial charge is 0.158 e. The molecule has 0 spiro atoms. The maximum atomic E-state index is 11.9. The Morgan fingerprint density at radius 1 is 1.11 bits per heavy atom. The summed E-state index contributed by atoms with van der Waals surface area (Å²) in [6.45, 7) is 8.38. The fourth-order valence-corrected chi connectivity index (χ4v) is 1.41. The minimum atomic E-state index is -0.799. The van der Waals surface area contributed by atoms with Gasteiger partial charge in [0.15, 0.2) is 11.6 Å². The number of carbonyl (C=O) groups is 1. The van der Waals surface area contributed by atoms with Crippen LogP contribution in [0.25, 0.3) is 0 Å². The molecule has 1 fully saturated rings. The van der Waals surface area contributed by atoms with Crippen LogP contribution in [0.4, 0.5) is 8.78 Å². The Bertz CT molecular complexity index is 418. The van der Waals surface area contributed by atoms with Crippen LogP contribution in [0.5, 0.6) is 0 Å². The van der Waals surface area contributed by atoms with E-state index in [4.69, 9.17) is 4.74 Å². The fourth-order valence-electron chi connectivity index (χ4n) is 1.41. The average molecular weight is 252 g/mol. The van der Waals surface area contributed by atoms with Gasteiger partial charge in [-0.05, 0) is 23.3 Å². The Hall–Kier alpha value is -1.81. The summed E-state index contributed by atoms with van der Waals surface area (Å²) in [4.78, 5) is 10.4. The third kappa shape index (κ3) is 3.89. The molecule has 1 aliphatic heterocycles. The molecule has 0 atom stereocenters. The molecule has 1 saturated heterocycles. The average Bonchev–Trinajstić information content (AvgIpc) is 2.34. The van der Waals surface area contributed by atoms with Crippen molar-refractivity contribution in [1.82, 2.24) is 0 Å². The lowest BCUT2D eigenvalue weighted by Crippen LogP contribution is -2.21. The van der Waals surface area contributed by atoms with E-state index in [2.05, 4.69) is 13.2 Å². The SMILES string of the molecule is C=C1COCC(=C)C1C=O.Fc1ccccc1F. The summed E-state index contributed by atoms with van der Waals surface area (Å²) in [5.74, 6) is -1.77. The normalized spacial score (nSPS) is 15.9. The van der Waals surface area contributed by atoms with Gasteiger partial charge in [0.25, 0.3) is 0 Å². The lowest BCUT2D eigenvalue weighted by atomic mass is 9.93. The Morgan fingerprint density at radius 2 is 1.56 bits per heavy atom. The molecule has 0 unspecified atom stereocenters. The number of halogens is 2. The first-order chi connectivity index (χ1) is 8.56. The third-order valence-electron chi connectivity index (χ3n) is 2.42. The van der Waals surface area contributed by atoms with Crippen LogP contribution in [-0.4, -0.2) is 19.5 Å². The summed E-state index contributed by atoms with van der Waals surface area (Å²) in [5, 5.41) is 0. The summed E-state index contributed by atoms with van der Waals surface area (Å²) in [6, 6.07) is 5.04. The number of carbonyl (C=O) groups excluding carboxylic acids is 1. The van der Waals surface area contributed by atoms with Crippen LogP contribution in [0.3, 0.4) is 0 Å². The minimum Gasteiger partial charge on any atom is -0.373 e. The molecule has 0 aromatic heterocycles. The maximum absolute atomic E-state index is 11.9. The highest BCUT2D eigenvalue weighted by molar-refractivity contribution is 5.64. The summed E-state index contributed by atoms with van der Waals surface area (Å²) in [5.41, 5.74) is 1.62. The summed E-state index contributed by atoms with van der Waals surface area (Å²) < 4.78 is 29.0. The summed E-state index contributed by atoms with van der Waals surface area (Å²) >= 11 is 0. The largest absolute Gasteiger partial charge is 0.373 e. The molecule has 0 radical (unpaired) electrons. The summed E-state index contributed by atoms with van der Waals surface area (Å²) in [7, 11) is 0. The topological polar surface area (TPSA) is 26.3 Å². The van der Waals surface area contributed by atoms with E-state index in [1.54, 1.807) is 0 Å². The second-order valence-corrected chi connectivity index (χ2v) is 3.84. The summed E-state index contributed by atoms with van der Waals surface area (Å²) in [6.07, 6.45) is 0.868. The molecule has 2 rings (SSSR count). The molecule has 0 N–H and O–H groups in total. The Morgan fingerprint density at radius 3 is 1.83 bits per heavy atom. The van der Waals surface area contributed by atoms with Gasteiger partial charge >= 0.3 is 0 Å². The molecule has 0 amide bonds. The van der Waals surface area contributed by atoms with Crippen LogP contribution in [0.2, 0.25) is 0 Å². The van der Waals surface area contributed by atoms with Crippen molar-refractivity contribution in [3.05, 3.63) is 60.2 Å². The zero-order chi connectivity index (χ0) is 13.5. The van der Waals surface area contributed by atoms with E-state index in [0.29, 0.717) is 13.2 Å². The van der Waals surface area contributed by atoms with Crippen LogP contribution in [-0.2, 0) is 9.53 Å². The molecule has 1 heterocycles. The number of hydrogen-bond acceptors (Lipinski definition) is 2. The fraction of sp³-hybridized carbons (Fsp3) is 0.214. The van der Waals surface area contributed by atoms with E-state index >= 15 is 0 Å². The third-order valence-corrected chi connectivity index (χ3v) is 2.42. The van der Waals surface area contributed by atoms with Crippen LogP contribution in [0.15, 0.2) is 48.6 Å². The molecule has 1 aromatic rings. The van der Waals surface area contributed by atoms with Gasteiger partial charge in [-0.1, -0.05) is 25.3 Å². The van der Waals surface area contributed by atoms with Gasteiger partial charge in [-0.15, -0.1) is 0 Å². The van der Waals surface area contributed by atoms with Crippen molar-refractivity contribution < 1.29 is 18.3 Å². The molecule has 2 nitrogen and oxygen atoms in total. The van der Waals surface area contributed by atoms with Crippen molar-refractivity contribution in [2.75, 3.05) is 13.2 Å². The molecule has 0 bridgehead atoms. The Balaban J connectivity index is 0.000000184. The lowest BCUT2D eigenvalue weighted by Gasteiger charge is -2.22. The van der Waals surface area contributed by atoms with Crippen LogP contribution < -0.4 is 0 Å². The highest BCUT2D eigenvalue weighted by Gasteiger charge is 2.19. The first-order valence-electron chi connectivity index (χ1n) is 5.34. The first kappa shape index (κ1) is 14.3. The lowest BCUT2D eigenvalue weighted by molar-refractivity contribution is -0.110. The van der Waals surface area contributed by atoms with Crippen LogP contribution in [0.1, 0.15) is 0 Å². The molecular weight excluding hydrogens is 238 g/mol. The standard InChI is InChI=1S/C8H10O2.C6H4F2/c1-6-4-10-5-7(2)8(6)3-9;7-5-3-1-2-4-6(5)8/h3,8H,1-2,4-5H2;1-4H. The number of hydrogen-bond donors (Lipinski definition) is 0. The van der Waals surface area contributed by atoms with Crippen molar-refractivity contribution in [3.8, 4) is 0 Å². The number of benzene rings is 1. The van der Waals surface area contributed by atoms with Gasteiger partial charge in [0, 0.05) is 0 Å². The molecular formula is C14H14F2O2. The quantitative estimate of drug-likeness (QED) is 0.567. The second-order valence-electron chi connectivity index (χ2n) is 3.84. The zero-order valence-corrected chi connectivity index (χ0v) is 9.86. The van der Waals surface area contributed by atoms with Gasteiger partial charge < -0.3 is 9.53 Å². The Kier molecular flexibility index (Phi) is 5.39. The van der Waals surface area contributed by atoms with Gasteiger partial charge in [0.1, 0.15) is 6.29 Å². The van der Waals surface area contributed by atoms with E-state index in [1.807, 2.05) is 0 Å². The van der Waals surface area contributed by atoms with Crippen LogP contribution >= 0.6 is 0 Å². The zero-order valence-electron chi connectivity index (χ0n) is 9.86. The molecule has 1 aliphatic rings. The van der Waals surface area contributed by atoms with Gasteiger partial charge in [-0.2, -0.15) is 0 Å². The van der Waals surface area contributed by atoms with Crippen molar-refractivity contribution in [1.29, 1.82) is 0 Å². The van der Waals surface area contributed by atoms with Crippen LogP contribution in [0, 0.1) is 17.6 Å². The maximum Gasteiger partial charge on any atom is 0.158 e. The predicted molar refractivity (Wildman–Crippen MR) is 65.0 cm³/mol. The molecule has 0 aliphatic carbocycles. The van der Waals surface area contributed by atoms with Gasteiger partial charge in [0.2, 0.25) is 0 Å². The van der Waals surface area contributed by atoms with E-state index < -0.39 is 11.6 Å². The predicted octanol–water partition coefficient (Wildman–Crippen LogP) is 2.91. The van der Waals surface area contributed by atoms with Gasteiger partial charge in [-0.25, -0.2) is 8.78 Å². The van der Waals surface area contributed by atoms with Crippen molar-refractivity contribution in [3.63, 3.8) is 0 Å². The second kappa shape index (κ2) is 6.81. The molecule has 0 saturated carbocycles. The number of rotatable bonds is 1. The van der Waals surface area contributed by atoms with E-state index in [9.17, 15) is 13.6 Å². The van der Waals surface area contributed by atoms with E-state index in [0.717, 1.165) is 29.6 Å². The van der Waals surface area contributed by atoms with Crippen molar-refractivity contribution >= 4 is 6.29 Å². The minimum absolute atomic E-state index is 0.172. The monoisotopic (exact) mass is 252 g/mol. The molecule has 96 valence electrons. The first-order valence-corrected chi connectivity index (χ1v) is 5.34. The highest BCUT2D eigenvalue weighted by Crippen LogP contribution is 2.20. The number of ether oxygens (including phenoxy) is 1. The molecule has 4 heteroatoms. The van der Waals surface area contributed by atoms with Crippen molar-refractivity contribution in [2.45, 2.75) is 0 Å². The van der Waals surface area contributed by atoms with E-state index in [1.165, 1.54) is 12.1 Å². The van der Waals surface area contributed by atoms with Crippen molar-refractivity contribution in [2.24, 2.45) is 5.92 Å². The van der Waals surface area contributed by atoms with Gasteiger partial charge in [-0.3, -0.25) is 0 Å². The van der Waals surface area contributed by atoms with E-state index in [-0.39, 0.29) is 5.92 Å². The highest BCUT2D eigenvalue weighted by atomic mass is 19.2. The molecule has 1 aromatic carbocycles. The number of aldehydes is 1. The van der Waals surface area contributed by atoms with Gasteiger partial charge in [0.05, 0.1) is 19.1 Å². The Labute approximate surface area is 105 Å².